The van der Waals surface area contributed by atoms with Crippen molar-refractivity contribution in [2.24, 2.45) is 5.92 Å². The van der Waals surface area contributed by atoms with Crippen LogP contribution in [0, 0.1) is 5.92 Å². The Labute approximate surface area is 80.7 Å². The zero-order valence-corrected chi connectivity index (χ0v) is 9.03. The van der Waals surface area contributed by atoms with Crippen molar-refractivity contribution < 1.29 is 9.84 Å². The van der Waals surface area contributed by atoms with Crippen LogP contribution in [0.5, 0.6) is 0 Å². The number of β-amino-alcohol motifs (C(OH)–C–C–N with tert-alkyl or cyclic N) is 1. The molecular weight excluding hydrogens is 166 g/mol. The first kappa shape index (κ1) is 11.0. The summed E-state index contributed by atoms with van der Waals surface area (Å²) in [7, 11) is 0. The summed E-state index contributed by atoms with van der Waals surface area (Å²) >= 11 is 0. The average Bonchev–Trinajstić information content (AvgIpc) is 2.32. The lowest BCUT2D eigenvalue weighted by Gasteiger charge is -2.29. The minimum atomic E-state index is -0.273. The van der Waals surface area contributed by atoms with Crippen LogP contribution in [0.15, 0.2) is 0 Å². The van der Waals surface area contributed by atoms with E-state index in [1.807, 2.05) is 6.92 Å². The molecule has 3 unspecified atom stereocenters. The summed E-state index contributed by atoms with van der Waals surface area (Å²) in [5.74, 6) is 0.490. The molecular formula is C10H21NO2. The van der Waals surface area contributed by atoms with Gasteiger partial charge < -0.3 is 9.84 Å². The van der Waals surface area contributed by atoms with Crippen LogP contribution in [-0.2, 0) is 4.74 Å². The Morgan fingerprint density at radius 3 is 2.54 bits per heavy atom. The largest absolute Gasteiger partial charge is 0.392 e. The van der Waals surface area contributed by atoms with E-state index in [0.29, 0.717) is 18.5 Å². The van der Waals surface area contributed by atoms with E-state index in [0.717, 1.165) is 6.61 Å². The second-order valence-electron chi connectivity index (χ2n) is 4.36. The van der Waals surface area contributed by atoms with Crippen LogP contribution < -0.4 is 0 Å². The molecule has 0 aromatic rings. The van der Waals surface area contributed by atoms with E-state index >= 15 is 0 Å². The number of hydrogen-bond donors (Lipinski definition) is 1. The Morgan fingerprint density at radius 1 is 1.46 bits per heavy atom. The van der Waals surface area contributed by atoms with Crippen LogP contribution in [0.1, 0.15) is 27.7 Å². The third kappa shape index (κ3) is 2.66. The third-order valence-electron chi connectivity index (χ3n) is 2.45. The van der Waals surface area contributed by atoms with Crippen molar-refractivity contribution in [2.75, 3.05) is 13.2 Å². The topological polar surface area (TPSA) is 32.7 Å². The monoisotopic (exact) mass is 187 g/mol. The highest BCUT2D eigenvalue weighted by Crippen LogP contribution is 2.22. The molecule has 0 saturated carbocycles. The van der Waals surface area contributed by atoms with Crippen molar-refractivity contribution in [1.29, 1.82) is 0 Å². The Hall–Kier alpha value is -0.120. The van der Waals surface area contributed by atoms with Gasteiger partial charge in [0, 0.05) is 12.6 Å². The molecule has 3 heteroatoms. The van der Waals surface area contributed by atoms with Gasteiger partial charge in [0.25, 0.3) is 0 Å². The lowest BCUT2D eigenvalue weighted by atomic mass is 10.1. The minimum Gasteiger partial charge on any atom is -0.392 e. The highest BCUT2D eigenvalue weighted by Gasteiger charge is 2.33. The third-order valence-corrected chi connectivity index (χ3v) is 2.45. The predicted molar refractivity (Wildman–Crippen MR) is 52.4 cm³/mol. The number of ether oxygens (including phenoxy) is 1. The molecule has 0 aromatic carbocycles. The van der Waals surface area contributed by atoms with Crippen molar-refractivity contribution in [3.63, 3.8) is 0 Å². The predicted octanol–water partition coefficient (Wildman–Crippen LogP) is 1.07. The number of rotatable bonds is 3. The van der Waals surface area contributed by atoms with E-state index < -0.39 is 0 Å². The minimum absolute atomic E-state index is 0.185. The molecule has 1 heterocycles. The maximum absolute atomic E-state index is 9.33. The van der Waals surface area contributed by atoms with Crippen LogP contribution in [0.4, 0.5) is 0 Å². The number of hydrogen-bond acceptors (Lipinski definition) is 3. The van der Waals surface area contributed by atoms with E-state index in [1.54, 1.807) is 0 Å². The van der Waals surface area contributed by atoms with Gasteiger partial charge in [0.05, 0.1) is 12.7 Å². The molecule has 3 atom stereocenters. The van der Waals surface area contributed by atoms with Gasteiger partial charge in [-0.1, -0.05) is 13.8 Å². The molecule has 0 amide bonds. The zero-order valence-electron chi connectivity index (χ0n) is 9.03. The van der Waals surface area contributed by atoms with E-state index in [9.17, 15) is 5.11 Å². The molecule has 0 bridgehead atoms. The molecule has 0 aliphatic carbocycles. The van der Waals surface area contributed by atoms with Gasteiger partial charge in [-0.05, 0) is 19.8 Å². The van der Waals surface area contributed by atoms with Gasteiger partial charge in [0.1, 0.15) is 6.23 Å². The molecule has 1 fully saturated rings. The van der Waals surface area contributed by atoms with Gasteiger partial charge in [0.15, 0.2) is 0 Å². The van der Waals surface area contributed by atoms with Crippen LogP contribution >= 0.6 is 0 Å². The van der Waals surface area contributed by atoms with Crippen molar-refractivity contribution in [1.82, 2.24) is 4.90 Å². The van der Waals surface area contributed by atoms with E-state index in [-0.39, 0.29) is 12.3 Å². The van der Waals surface area contributed by atoms with Gasteiger partial charge in [-0.3, -0.25) is 4.90 Å². The fraction of sp³-hybridized carbons (Fsp3) is 1.00. The van der Waals surface area contributed by atoms with Crippen LogP contribution in [0.25, 0.3) is 0 Å². The van der Waals surface area contributed by atoms with Gasteiger partial charge in [-0.15, -0.1) is 0 Å². The Balaban J connectivity index is 2.55. The number of aliphatic hydroxyl groups excluding tert-OH is 1. The summed E-state index contributed by atoms with van der Waals surface area (Å²) in [6.45, 7) is 9.77. The summed E-state index contributed by atoms with van der Waals surface area (Å²) in [4.78, 5) is 2.25. The summed E-state index contributed by atoms with van der Waals surface area (Å²) < 4.78 is 5.65. The van der Waals surface area contributed by atoms with E-state index in [4.69, 9.17) is 4.74 Å². The molecule has 0 radical (unpaired) electrons. The van der Waals surface area contributed by atoms with Crippen molar-refractivity contribution in [3.05, 3.63) is 0 Å². The molecule has 13 heavy (non-hydrogen) atoms. The first-order valence-corrected chi connectivity index (χ1v) is 5.07. The molecule has 78 valence electrons. The van der Waals surface area contributed by atoms with Crippen molar-refractivity contribution in [3.8, 4) is 0 Å². The highest BCUT2D eigenvalue weighted by molar-refractivity contribution is 4.80. The van der Waals surface area contributed by atoms with Crippen molar-refractivity contribution in [2.45, 2.75) is 46.1 Å². The quantitative estimate of drug-likeness (QED) is 0.717. The summed E-state index contributed by atoms with van der Waals surface area (Å²) in [6, 6.07) is 0.432. The van der Waals surface area contributed by atoms with E-state index in [2.05, 4.69) is 25.7 Å². The van der Waals surface area contributed by atoms with Crippen LogP contribution in [-0.4, -0.2) is 41.5 Å². The molecule has 1 aliphatic rings. The first-order chi connectivity index (χ1) is 6.02. The van der Waals surface area contributed by atoms with Gasteiger partial charge in [-0.25, -0.2) is 0 Å². The highest BCUT2D eigenvalue weighted by atomic mass is 16.5. The second-order valence-corrected chi connectivity index (χ2v) is 4.36. The fourth-order valence-corrected chi connectivity index (χ4v) is 1.84. The molecule has 1 rings (SSSR count). The van der Waals surface area contributed by atoms with Crippen LogP contribution in [0.3, 0.4) is 0 Å². The number of aliphatic hydroxyl groups is 1. The lowest BCUT2D eigenvalue weighted by Crippen LogP contribution is -2.42. The van der Waals surface area contributed by atoms with Gasteiger partial charge in [-0.2, -0.15) is 0 Å². The maximum Gasteiger partial charge on any atom is 0.113 e. The summed E-state index contributed by atoms with van der Waals surface area (Å²) in [5, 5.41) is 9.33. The summed E-state index contributed by atoms with van der Waals surface area (Å²) in [6.07, 6.45) is -0.0880. The van der Waals surface area contributed by atoms with Gasteiger partial charge in [0.2, 0.25) is 0 Å². The molecule has 1 saturated heterocycles. The standard InChI is InChI=1S/C10H21NO2/c1-7(2)10-11(5-9(4)12)8(3)6-13-10/h7-10,12H,5-6H2,1-4H3. The zero-order chi connectivity index (χ0) is 10.0. The molecule has 0 spiro atoms. The molecule has 3 nitrogen and oxygen atoms in total. The van der Waals surface area contributed by atoms with Crippen molar-refractivity contribution >= 4 is 0 Å². The van der Waals surface area contributed by atoms with E-state index in [1.165, 1.54) is 0 Å². The Kier molecular flexibility index (Phi) is 3.71. The smallest absolute Gasteiger partial charge is 0.113 e. The van der Waals surface area contributed by atoms with Gasteiger partial charge >= 0.3 is 0 Å². The molecule has 0 aromatic heterocycles. The Morgan fingerprint density at radius 2 is 2.08 bits per heavy atom. The molecule has 1 N–H and O–H groups in total. The lowest BCUT2D eigenvalue weighted by molar-refractivity contribution is -0.0205. The SMILES string of the molecule is CC(O)CN1C(C)COC1C(C)C. The molecule has 1 aliphatic heterocycles. The average molecular weight is 187 g/mol. The maximum atomic E-state index is 9.33. The second kappa shape index (κ2) is 4.40. The Bertz CT molecular complexity index is 159. The first-order valence-electron chi connectivity index (χ1n) is 5.07. The normalized spacial score (nSPS) is 32.8. The summed E-state index contributed by atoms with van der Waals surface area (Å²) in [5.41, 5.74) is 0. The number of nitrogens with zero attached hydrogens (tertiary/aromatic N) is 1. The van der Waals surface area contributed by atoms with Crippen LogP contribution in [0.2, 0.25) is 0 Å². The fourth-order valence-electron chi connectivity index (χ4n) is 1.84.